The van der Waals surface area contributed by atoms with Gasteiger partial charge in [0.25, 0.3) is 0 Å². The Balaban J connectivity index is 2.34. The maximum Gasteiger partial charge on any atom is 0.228 e. The number of nitrogens with zero attached hydrogens (tertiary/aromatic N) is 1. The topological polar surface area (TPSA) is 55.1 Å². The van der Waals surface area contributed by atoms with Gasteiger partial charge in [0, 0.05) is 12.5 Å². The van der Waals surface area contributed by atoms with Crippen LogP contribution >= 0.6 is 0 Å². The average Bonchev–Trinajstić information content (AvgIpc) is 2.61. The van der Waals surface area contributed by atoms with Crippen LogP contribution in [0, 0.1) is 6.92 Å². The van der Waals surface area contributed by atoms with Gasteiger partial charge in [0.15, 0.2) is 5.82 Å². The minimum Gasteiger partial charge on any atom is -0.439 e. The molecule has 1 aromatic carbocycles. The molecule has 0 saturated heterocycles. The molecule has 0 fully saturated rings. The first-order chi connectivity index (χ1) is 7.66. The van der Waals surface area contributed by atoms with E-state index in [0.29, 0.717) is 17.5 Å². The first-order valence-electron chi connectivity index (χ1n) is 4.97. The summed E-state index contributed by atoms with van der Waals surface area (Å²) in [5, 5.41) is 2.62. The number of benzene rings is 1. The summed E-state index contributed by atoms with van der Waals surface area (Å²) in [4.78, 5) is 15.1. The molecule has 0 spiro atoms. The third-order valence-electron chi connectivity index (χ3n) is 2.11. The summed E-state index contributed by atoms with van der Waals surface area (Å²) in [6.45, 7) is 3.21. The van der Waals surface area contributed by atoms with Gasteiger partial charge >= 0.3 is 0 Å². The van der Waals surface area contributed by atoms with E-state index in [1.807, 2.05) is 30.3 Å². The van der Waals surface area contributed by atoms with Crippen molar-refractivity contribution < 1.29 is 9.21 Å². The zero-order chi connectivity index (χ0) is 11.5. The van der Waals surface area contributed by atoms with E-state index in [1.54, 1.807) is 6.92 Å². The van der Waals surface area contributed by atoms with Crippen molar-refractivity contribution in [2.75, 3.05) is 5.32 Å². The lowest BCUT2D eigenvalue weighted by molar-refractivity contribution is -0.114. The largest absolute Gasteiger partial charge is 0.439 e. The Morgan fingerprint density at radius 3 is 2.62 bits per heavy atom. The summed E-state index contributed by atoms with van der Waals surface area (Å²) < 4.78 is 5.48. The monoisotopic (exact) mass is 216 g/mol. The molecule has 0 atom stereocenters. The molecule has 0 bridgehead atoms. The van der Waals surface area contributed by atoms with E-state index in [9.17, 15) is 4.79 Å². The molecule has 4 nitrogen and oxygen atoms in total. The van der Waals surface area contributed by atoms with Gasteiger partial charge in [0.2, 0.25) is 11.8 Å². The van der Waals surface area contributed by atoms with E-state index >= 15 is 0 Å². The second-order valence-electron chi connectivity index (χ2n) is 3.47. The predicted molar refractivity (Wildman–Crippen MR) is 61.0 cm³/mol. The van der Waals surface area contributed by atoms with Gasteiger partial charge in [0.05, 0.1) is 0 Å². The Bertz CT molecular complexity index is 503. The smallest absolute Gasteiger partial charge is 0.228 e. The van der Waals surface area contributed by atoms with Crippen molar-refractivity contribution in [1.29, 1.82) is 0 Å². The third-order valence-corrected chi connectivity index (χ3v) is 2.11. The molecule has 1 aromatic heterocycles. The molecule has 16 heavy (non-hydrogen) atoms. The Morgan fingerprint density at radius 1 is 1.31 bits per heavy atom. The standard InChI is InChI=1S/C12H12N2O2/c1-8-11(13-9(2)15)14-12(16-8)10-6-4-3-5-7-10/h3-7H,1-2H3,(H,13,15). The lowest BCUT2D eigenvalue weighted by Gasteiger charge is -1.94. The Morgan fingerprint density at radius 2 is 2.00 bits per heavy atom. The maximum atomic E-state index is 10.9. The molecule has 2 rings (SSSR count). The molecule has 4 heteroatoms. The molecular formula is C12H12N2O2. The maximum absolute atomic E-state index is 10.9. The fourth-order valence-corrected chi connectivity index (χ4v) is 1.38. The van der Waals surface area contributed by atoms with Crippen molar-refractivity contribution in [3.05, 3.63) is 36.1 Å². The number of oxazole rings is 1. The molecule has 0 unspecified atom stereocenters. The number of rotatable bonds is 2. The minimum atomic E-state index is -0.156. The highest BCUT2D eigenvalue weighted by Crippen LogP contribution is 2.23. The molecule has 1 heterocycles. The van der Waals surface area contributed by atoms with Crippen LogP contribution in [0.2, 0.25) is 0 Å². The van der Waals surface area contributed by atoms with Crippen molar-refractivity contribution in [3.63, 3.8) is 0 Å². The summed E-state index contributed by atoms with van der Waals surface area (Å²) in [5.41, 5.74) is 0.891. The Kier molecular flexibility index (Phi) is 2.72. The molecule has 82 valence electrons. The Labute approximate surface area is 93.3 Å². The fraction of sp³-hybridized carbons (Fsp3) is 0.167. The number of nitrogens with one attached hydrogen (secondary N) is 1. The number of amides is 1. The lowest BCUT2D eigenvalue weighted by atomic mass is 10.2. The van der Waals surface area contributed by atoms with E-state index in [1.165, 1.54) is 6.92 Å². The highest BCUT2D eigenvalue weighted by molar-refractivity contribution is 5.88. The molecule has 2 aromatic rings. The normalized spacial score (nSPS) is 10.1. The van der Waals surface area contributed by atoms with Gasteiger partial charge in [-0.05, 0) is 19.1 Å². The van der Waals surface area contributed by atoms with Crippen molar-refractivity contribution in [1.82, 2.24) is 4.98 Å². The predicted octanol–water partition coefficient (Wildman–Crippen LogP) is 2.61. The van der Waals surface area contributed by atoms with Gasteiger partial charge in [-0.15, -0.1) is 0 Å². The summed E-state index contributed by atoms with van der Waals surface area (Å²) in [7, 11) is 0. The van der Waals surface area contributed by atoms with Gasteiger partial charge in [0.1, 0.15) is 5.76 Å². The zero-order valence-electron chi connectivity index (χ0n) is 9.15. The number of anilines is 1. The minimum absolute atomic E-state index is 0.156. The number of carbonyl (C=O) groups excluding carboxylic acids is 1. The number of carbonyl (C=O) groups is 1. The number of aromatic nitrogens is 1. The summed E-state index contributed by atoms with van der Waals surface area (Å²) in [6.07, 6.45) is 0. The fourth-order valence-electron chi connectivity index (χ4n) is 1.38. The van der Waals surface area contributed by atoms with E-state index in [-0.39, 0.29) is 5.91 Å². The van der Waals surface area contributed by atoms with Gasteiger partial charge in [-0.1, -0.05) is 18.2 Å². The van der Waals surface area contributed by atoms with Crippen LogP contribution in [-0.4, -0.2) is 10.9 Å². The van der Waals surface area contributed by atoms with Crippen LogP contribution in [0.4, 0.5) is 5.82 Å². The third kappa shape index (κ3) is 2.11. The van der Waals surface area contributed by atoms with Gasteiger partial charge in [-0.3, -0.25) is 4.79 Å². The number of hydrogen-bond donors (Lipinski definition) is 1. The second kappa shape index (κ2) is 4.18. The molecule has 0 aliphatic carbocycles. The molecular weight excluding hydrogens is 204 g/mol. The first kappa shape index (κ1) is 10.4. The number of aryl methyl sites for hydroxylation is 1. The van der Waals surface area contributed by atoms with Crippen LogP contribution in [0.15, 0.2) is 34.7 Å². The van der Waals surface area contributed by atoms with Crippen LogP contribution in [0.1, 0.15) is 12.7 Å². The highest BCUT2D eigenvalue weighted by Gasteiger charge is 2.11. The average molecular weight is 216 g/mol. The van der Waals surface area contributed by atoms with Crippen LogP contribution in [0.25, 0.3) is 11.5 Å². The van der Waals surface area contributed by atoms with E-state index in [0.717, 1.165) is 5.56 Å². The SMILES string of the molecule is CC(=O)Nc1nc(-c2ccccc2)oc1C. The highest BCUT2D eigenvalue weighted by atomic mass is 16.4. The molecule has 1 N–H and O–H groups in total. The summed E-state index contributed by atoms with van der Waals surface area (Å²) in [5.74, 6) is 1.44. The van der Waals surface area contributed by atoms with Crippen molar-refractivity contribution in [2.24, 2.45) is 0 Å². The Hall–Kier alpha value is -2.10. The van der Waals surface area contributed by atoms with Crippen LogP contribution < -0.4 is 5.32 Å². The van der Waals surface area contributed by atoms with Gasteiger partial charge < -0.3 is 9.73 Å². The molecule has 0 aliphatic rings. The molecule has 0 saturated carbocycles. The quantitative estimate of drug-likeness (QED) is 0.839. The van der Waals surface area contributed by atoms with E-state index in [4.69, 9.17) is 4.42 Å². The van der Waals surface area contributed by atoms with Crippen molar-refractivity contribution in [2.45, 2.75) is 13.8 Å². The van der Waals surface area contributed by atoms with Crippen LogP contribution in [-0.2, 0) is 4.79 Å². The van der Waals surface area contributed by atoms with Crippen LogP contribution in [0.5, 0.6) is 0 Å². The molecule has 0 radical (unpaired) electrons. The molecule has 0 aliphatic heterocycles. The lowest BCUT2D eigenvalue weighted by Crippen LogP contribution is -2.06. The summed E-state index contributed by atoms with van der Waals surface area (Å²) >= 11 is 0. The van der Waals surface area contributed by atoms with Crippen LogP contribution in [0.3, 0.4) is 0 Å². The summed E-state index contributed by atoms with van der Waals surface area (Å²) in [6, 6.07) is 9.56. The van der Waals surface area contributed by atoms with Crippen molar-refractivity contribution in [3.8, 4) is 11.5 Å². The zero-order valence-corrected chi connectivity index (χ0v) is 9.15. The molecule has 1 amide bonds. The van der Waals surface area contributed by atoms with Gasteiger partial charge in [-0.2, -0.15) is 4.98 Å². The van der Waals surface area contributed by atoms with Gasteiger partial charge in [-0.25, -0.2) is 0 Å². The number of hydrogen-bond acceptors (Lipinski definition) is 3. The second-order valence-corrected chi connectivity index (χ2v) is 3.47. The van der Waals surface area contributed by atoms with E-state index in [2.05, 4.69) is 10.3 Å². The van der Waals surface area contributed by atoms with Crippen molar-refractivity contribution >= 4 is 11.7 Å². The first-order valence-corrected chi connectivity index (χ1v) is 4.97. The van der Waals surface area contributed by atoms with E-state index < -0.39 is 0 Å².